The molecule has 0 saturated heterocycles. The van der Waals surface area contributed by atoms with Crippen LogP contribution >= 0.6 is 11.8 Å². The zero-order chi connectivity index (χ0) is 11.5. The molecule has 90 valence electrons. The van der Waals surface area contributed by atoms with Crippen LogP contribution in [-0.4, -0.2) is 31.4 Å². The molecule has 0 radical (unpaired) electrons. The average Bonchev–Trinajstić information content (AvgIpc) is 2.21. The van der Waals surface area contributed by atoms with E-state index in [1.54, 1.807) is 11.8 Å². The first-order valence-corrected chi connectivity index (χ1v) is 6.38. The third-order valence-corrected chi connectivity index (χ3v) is 3.17. The van der Waals surface area contributed by atoms with Gasteiger partial charge in [-0.3, -0.25) is 4.79 Å². The molecule has 3 N–H and O–H groups in total. The summed E-state index contributed by atoms with van der Waals surface area (Å²) in [6.45, 7) is 5.42. The first-order chi connectivity index (χ1) is 7.20. The monoisotopic (exact) mass is 234 g/mol. The minimum absolute atomic E-state index is 0.302. The van der Waals surface area contributed by atoms with E-state index in [1.165, 1.54) is 0 Å². The molecule has 4 nitrogen and oxygen atoms in total. The van der Waals surface area contributed by atoms with Crippen molar-refractivity contribution in [2.45, 2.75) is 20.3 Å². The van der Waals surface area contributed by atoms with E-state index in [4.69, 9.17) is 10.5 Å². The van der Waals surface area contributed by atoms with E-state index in [2.05, 4.69) is 19.2 Å². The fraction of sp³-hybridized carbons (Fsp3) is 0.900. The van der Waals surface area contributed by atoms with Crippen LogP contribution in [0.2, 0.25) is 0 Å². The van der Waals surface area contributed by atoms with Crippen LogP contribution in [0.25, 0.3) is 0 Å². The van der Waals surface area contributed by atoms with E-state index in [0.29, 0.717) is 24.4 Å². The molecule has 1 amide bonds. The third kappa shape index (κ3) is 10.0. The quantitative estimate of drug-likeness (QED) is 0.336. The van der Waals surface area contributed by atoms with Crippen LogP contribution in [0, 0.1) is 11.8 Å². The predicted molar refractivity (Wildman–Crippen MR) is 64.5 cm³/mol. The molecule has 0 aromatic carbocycles. The molecule has 0 aromatic heterocycles. The molecule has 0 fully saturated rings. The van der Waals surface area contributed by atoms with Gasteiger partial charge in [-0.15, -0.1) is 11.8 Å². The number of hydrogen-bond donors (Lipinski definition) is 2. The lowest BCUT2D eigenvalue weighted by molar-refractivity contribution is -0.109. The van der Waals surface area contributed by atoms with Crippen LogP contribution < -0.4 is 11.1 Å². The van der Waals surface area contributed by atoms with Crippen molar-refractivity contribution in [3.8, 4) is 0 Å². The molecule has 0 aliphatic carbocycles. The molecule has 2 atom stereocenters. The van der Waals surface area contributed by atoms with E-state index in [1.807, 2.05) is 0 Å². The van der Waals surface area contributed by atoms with Crippen molar-refractivity contribution in [1.82, 2.24) is 5.32 Å². The lowest BCUT2D eigenvalue weighted by atomic mass is 10.00. The Morgan fingerprint density at radius 3 is 2.80 bits per heavy atom. The molecule has 0 aromatic rings. The predicted octanol–water partition coefficient (Wildman–Crippen LogP) is 1.02. The highest BCUT2D eigenvalue weighted by Gasteiger charge is 2.08. The first-order valence-electron chi connectivity index (χ1n) is 5.23. The van der Waals surface area contributed by atoms with Gasteiger partial charge in [0.2, 0.25) is 6.41 Å². The molecule has 0 spiro atoms. The maximum Gasteiger partial charge on any atom is 0.207 e. The smallest absolute Gasteiger partial charge is 0.207 e. The van der Waals surface area contributed by atoms with Gasteiger partial charge < -0.3 is 15.8 Å². The summed E-state index contributed by atoms with van der Waals surface area (Å²) in [5.41, 5.74) is 5.25. The highest BCUT2D eigenvalue weighted by molar-refractivity contribution is 7.99. The van der Waals surface area contributed by atoms with Crippen molar-refractivity contribution in [3.63, 3.8) is 0 Å². The topological polar surface area (TPSA) is 64.3 Å². The van der Waals surface area contributed by atoms with Gasteiger partial charge in [0, 0.05) is 0 Å². The average molecular weight is 234 g/mol. The van der Waals surface area contributed by atoms with Crippen LogP contribution in [0.5, 0.6) is 0 Å². The normalized spacial score (nSPS) is 14.6. The van der Waals surface area contributed by atoms with Gasteiger partial charge in [0.05, 0.1) is 19.2 Å². The van der Waals surface area contributed by atoms with Crippen LogP contribution in [0.3, 0.4) is 0 Å². The van der Waals surface area contributed by atoms with E-state index in [-0.39, 0.29) is 0 Å². The van der Waals surface area contributed by atoms with Crippen molar-refractivity contribution >= 4 is 18.2 Å². The van der Waals surface area contributed by atoms with Gasteiger partial charge in [-0.2, -0.15) is 0 Å². The van der Waals surface area contributed by atoms with Crippen LogP contribution in [0.1, 0.15) is 20.3 Å². The van der Waals surface area contributed by atoms with Gasteiger partial charge in [-0.25, -0.2) is 0 Å². The molecule has 2 unspecified atom stereocenters. The van der Waals surface area contributed by atoms with Crippen molar-refractivity contribution in [3.05, 3.63) is 0 Å². The Morgan fingerprint density at radius 2 is 2.20 bits per heavy atom. The minimum Gasteiger partial charge on any atom is -0.366 e. The summed E-state index contributed by atoms with van der Waals surface area (Å²) in [4.78, 5) is 9.99. The maximum atomic E-state index is 9.99. The summed E-state index contributed by atoms with van der Waals surface area (Å²) in [5.74, 6) is 2.94. The number of thioether (sulfide) groups is 1. The van der Waals surface area contributed by atoms with Crippen molar-refractivity contribution in [2.24, 2.45) is 17.6 Å². The molecule has 0 heterocycles. The Morgan fingerprint density at radius 1 is 1.47 bits per heavy atom. The van der Waals surface area contributed by atoms with Gasteiger partial charge in [-0.05, 0) is 24.0 Å². The van der Waals surface area contributed by atoms with Gasteiger partial charge in [-0.1, -0.05) is 13.8 Å². The Hall–Kier alpha value is -0.260. The Kier molecular flexibility index (Phi) is 10.1. The SMILES string of the molecule is CC(COCN)CC(C)CSCNC=O. The van der Waals surface area contributed by atoms with Crippen molar-refractivity contribution in [2.75, 3.05) is 25.0 Å². The van der Waals surface area contributed by atoms with E-state index >= 15 is 0 Å². The number of nitrogens with two attached hydrogens (primary N) is 1. The minimum atomic E-state index is 0.302. The van der Waals surface area contributed by atoms with Gasteiger partial charge >= 0.3 is 0 Å². The number of hydrogen-bond acceptors (Lipinski definition) is 4. The molecule has 0 rings (SSSR count). The molecule has 15 heavy (non-hydrogen) atoms. The largest absolute Gasteiger partial charge is 0.366 e. The first kappa shape index (κ1) is 14.7. The molecule has 0 aliphatic heterocycles. The molecular weight excluding hydrogens is 212 g/mol. The Labute approximate surface area is 96.3 Å². The van der Waals surface area contributed by atoms with Crippen LogP contribution in [0.4, 0.5) is 0 Å². The van der Waals surface area contributed by atoms with Gasteiger partial charge in [0.1, 0.15) is 0 Å². The number of rotatable bonds is 10. The molecule has 0 aliphatic rings. The number of amides is 1. The Bertz CT molecular complexity index is 158. The summed E-state index contributed by atoms with van der Waals surface area (Å²) in [5, 5.41) is 2.63. The summed E-state index contributed by atoms with van der Waals surface area (Å²) >= 11 is 1.74. The lowest BCUT2D eigenvalue weighted by Crippen LogP contribution is -2.16. The highest BCUT2D eigenvalue weighted by Crippen LogP contribution is 2.16. The van der Waals surface area contributed by atoms with Crippen LogP contribution in [0.15, 0.2) is 0 Å². The number of ether oxygens (including phenoxy) is 1. The van der Waals surface area contributed by atoms with Crippen molar-refractivity contribution in [1.29, 1.82) is 0 Å². The van der Waals surface area contributed by atoms with Crippen molar-refractivity contribution < 1.29 is 9.53 Å². The number of carbonyl (C=O) groups is 1. The molecule has 0 bridgehead atoms. The molecule has 0 saturated carbocycles. The van der Waals surface area contributed by atoms with E-state index < -0.39 is 0 Å². The van der Waals surface area contributed by atoms with E-state index in [9.17, 15) is 4.79 Å². The zero-order valence-electron chi connectivity index (χ0n) is 9.57. The standard InChI is InChI=1S/C10H22N2O2S/c1-9(4-14-6-11)3-10(2)5-15-8-12-7-13/h7,9-10H,3-6,8,11H2,1-2H3,(H,12,13). The molecular formula is C10H22N2O2S. The molecule has 5 heteroatoms. The lowest BCUT2D eigenvalue weighted by Gasteiger charge is -2.16. The summed E-state index contributed by atoms with van der Waals surface area (Å²) in [6.07, 6.45) is 1.86. The van der Waals surface area contributed by atoms with Gasteiger partial charge in [0.15, 0.2) is 0 Å². The fourth-order valence-corrected chi connectivity index (χ4v) is 2.29. The number of carbonyl (C=O) groups excluding carboxylic acids is 1. The summed E-state index contributed by atoms with van der Waals surface area (Å²) in [7, 11) is 0. The second-order valence-electron chi connectivity index (χ2n) is 3.82. The van der Waals surface area contributed by atoms with E-state index in [0.717, 1.165) is 25.2 Å². The van der Waals surface area contributed by atoms with Gasteiger partial charge in [0.25, 0.3) is 0 Å². The third-order valence-electron chi connectivity index (χ3n) is 2.00. The summed E-state index contributed by atoms with van der Waals surface area (Å²) < 4.78 is 5.15. The Balaban J connectivity index is 3.37. The fourth-order valence-electron chi connectivity index (χ4n) is 1.45. The maximum absolute atomic E-state index is 9.99. The summed E-state index contributed by atoms with van der Waals surface area (Å²) in [6, 6.07) is 0. The second kappa shape index (κ2) is 10.3. The second-order valence-corrected chi connectivity index (χ2v) is 4.85. The number of nitrogens with one attached hydrogen (secondary N) is 1. The highest BCUT2D eigenvalue weighted by atomic mass is 32.2. The zero-order valence-corrected chi connectivity index (χ0v) is 10.4. The van der Waals surface area contributed by atoms with Crippen LogP contribution in [-0.2, 0) is 9.53 Å².